The third-order valence-corrected chi connectivity index (χ3v) is 3.90. The van der Waals surface area contributed by atoms with Gasteiger partial charge in [-0.05, 0) is 63.0 Å². The van der Waals surface area contributed by atoms with Crippen LogP contribution >= 0.6 is 0 Å². The zero-order chi connectivity index (χ0) is 15.6. The summed E-state index contributed by atoms with van der Waals surface area (Å²) >= 11 is 0. The molecule has 114 valence electrons. The van der Waals surface area contributed by atoms with Crippen molar-refractivity contribution in [2.75, 3.05) is 13.1 Å². The van der Waals surface area contributed by atoms with Crippen LogP contribution in [0.15, 0.2) is 12.1 Å². The molecule has 5 nitrogen and oxygen atoms in total. The molecule has 5 N–H and O–H groups in total. The normalized spacial score (nSPS) is 11.2. The molecule has 0 aliphatic rings. The first-order valence-corrected chi connectivity index (χ1v) is 7.27. The summed E-state index contributed by atoms with van der Waals surface area (Å²) in [6.45, 7) is 5.81. The molecule has 0 unspecified atom stereocenters. The number of aromatic carboxylic acids is 1. The Kier molecular flexibility index (Phi) is 4.65. The Morgan fingerprint density at radius 1 is 1.24 bits per heavy atom. The highest BCUT2D eigenvalue weighted by atomic mass is 16.4. The van der Waals surface area contributed by atoms with Gasteiger partial charge in [-0.1, -0.05) is 0 Å². The molecule has 0 spiro atoms. The van der Waals surface area contributed by atoms with E-state index in [1.165, 1.54) is 0 Å². The molecule has 0 aliphatic carbocycles. The lowest BCUT2D eigenvalue weighted by Crippen LogP contribution is -2.10. The van der Waals surface area contributed by atoms with Crippen LogP contribution in [0.25, 0.3) is 10.9 Å². The van der Waals surface area contributed by atoms with Gasteiger partial charge in [0.25, 0.3) is 0 Å². The van der Waals surface area contributed by atoms with Crippen molar-refractivity contribution in [2.45, 2.75) is 33.2 Å². The number of carbonyl (C=O) groups is 1. The molecule has 21 heavy (non-hydrogen) atoms. The monoisotopic (exact) mass is 289 g/mol. The number of rotatable bonds is 6. The summed E-state index contributed by atoms with van der Waals surface area (Å²) in [5.74, 6) is -0.894. The van der Waals surface area contributed by atoms with Crippen molar-refractivity contribution >= 4 is 16.9 Å². The number of carboxylic acid groups (broad SMARTS) is 1. The predicted molar refractivity (Wildman–Crippen MR) is 84.8 cm³/mol. The lowest BCUT2D eigenvalue weighted by molar-refractivity contribution is 0.0698. The van der Waals surface area contributed by atoms with Gasteiger partial charge in [0.2, 0.25) is 0 Å². The van der Waals surface area contributed by atoms with Gasteiger partial charge in [0.1, 0.15) is 0 Å². The molecular weight excluding hydrogens is 266 g/mol. The van der Waals surface area contributed by atoms with Crippen LogP contribution in [0.5, 0.6) is 0 Å². The second-order valence-corrected chi connectivity index (χ2v) is 5.41. The molecule has 0 aliphatic heterocycles. The van der Waals surface area contributed by atoms with E-state index in [2.05, 4.69) is 10.6 Å². The molecule has 0 bridgehead atoms. The topological polar surface area (TPSA) is 94.3 Å². The molecule has 1 heterocycles. The minimum Gasteiger partial charge on any atom is -0.478 e. The van der Waals surface area contributed by atoms with Crippen LogP contribution in [-0.4, -0.2) is 28.7 Å². The van der Waals surface area contributed by atoms with Crippen LogP contribution in [0.1, 0.15) is 33.6 Å². The van der Waals surface area contributed by atoms with Crippen LogP contribution < -0.4 is 11.5 Å². The Bertz CT molecular complexity index is 674. The smallest absolute Gasteiger partial charge is 0.337 e. The fraction of sp³-hybridized carbons (Fsp3) is 0.438. The van der Waals surface area contributed by atoms with Crippen molar-refractivity contribution < 1.29 is 9.90 Å². The van der Waals surface area contributed by atoms with Gasteiger partial charge in [0.15, 0.2) is 0 Å². The van der Waals surface area contributed by atoms with E-state index >= 15 is 0 Å². The third kappa shape index (κ3) is 2.80. The Labute approximate surface area is 124 Å². The summed E-state index contributed by atoms with van der Waals surface area (Å²) < 4.78 is 2.08. The highest BCUT2D eigenvalue weighted by Gasteiger charge is 2.19. The number of aryl methyl sites for hydroxylation is 2. The maximum atomic E-state index is 11.6. The zero-order valence-corrected chi connectivity index (χ0v) is 12.6. The summed E-state index contributed by atoms with van der Waals surface area (Å²) in [5.41, 5.74) is 15.7. The van der Waals surface area contributed by atoms with Crippen molar-refractivity contribution in [1.29, 1.82) is 0 Å². The van der Waals surface area contributed by atoms with Gasteiger partial charge in [-0.2, -0.15) is 0 Å². The quantitative estimate of drug-likeness (QED) is 0.756. The number of fused-ring (bicyclic) bond motifs is 1. The fourth-order valence-corrected chi connectivity index (χ4v) is 2.98. The van der Waals surface area contributed by atoms with Crippen LogP contribution in [0, 0.1) is 13.8 Å². The summed E-state index contributed by atoms with van der Waals surface area (Å²) in [7, 11) is 0. The summed E-state index contributed by atoms with van der Waals surface area (Å²) in [6.07, 6.45) is 1.57. The van der Waals surface area contributed by atoms with E-state index < -0.39 is 5.97 Å². The molecule has 2 aromatic rings. The van der Waals surface area contributed by atoms with Gasteiger partial charge in [-0.15, -0.1) is 0 Å². The maximum absolute atomic E-state index is 11.6. The van der Waals surface area contributed by atoms with E-state index in [0.717, 1.165) is 47.1 Å². The zero-order valence-electron chi connectivity index (χ0n) is 12.6. The van der Waals surface area contributed by atoms with E-state index in [1.54, 1.807) is 6.07 Å². The Hall–Kier alpha value is -1.85. The van der Waals surface area contributed by atoms with Crippen LogP contribution in [0.3, 0.4) is 0 Å². The predicted octanol–water partition coefficient (Wildman–Crippen LogP) is 1.81. The molecule has 1 aromatic heterocycles. The minimum absolute atomic E-state index is 0.355. The second-order valence-electron chi connectivity index (χ2n) is 5.41. The average molecular weight is 289 g/mol. The lowest BCUT2D eigenvalue weighted by Gasteiger charge is -2.10. The van der Waals surface area contributed by atoms with Crippen LogP contribution in [0.4, 0.5) is 0 Å². The highest BCUT2D eigenvalue weighted by molar-refractivity contribution is 6.04. The van der Waals surface area contributed by atoms with E-state index in [4.69, 9.17) is 11.5 Å². The molecule has 0 saturated heterocycles. The number of hydrogen-bond donors (Lipinski definition) is 3. The Balaban J connectivity index is 2.80. The SMILES string of the molecule is Cc1cc(C(=O)O)c2c(c1)c(CCN)c(C)n2CCCN. The summed E-state index contributed by atoms with van der Waals surface area (Å²) in [5, 5.41) is 10.5. The average Bonchev–Trinajstić information content (AvgIpc) is 2.69. The standard InChI is InChI=1S/C16H23N3O2/c1-10-8-13-12(4-6-18)11(2)19(7-3-5-17)15(13)14(9-10)16(20)21/h8-9H,3-7,17-18H2,1-2H3,(H,20,21). The minimum atomic E-state index is -0.894. The molecule has 0 amide bonds. The van der Waals surface area contributed by atoms with Crippen molar-refractivity contribution in [1.82, 2.24) is 4.57 Å². The van der Waals surface area contributed by atoms with Crippen molar-refractivity contribution in [3.63, 3.8) is 0 Å². The number of hydrogen-bond acceptors (Lipinski definition) is 3. The van der Waals surface area contributed by atoms with Gasteiger partial charge in [0.05, 0.1) is 11.1 Å². The Morgan fingerprint density at radius 2 is 1.95 bits per heavy atom. The number of benzene rings is 1. The molecular formula is C16H23N3O2. The van der Waals surface area contributed by atoms with Crippen LogP contribution in [0.2, 0.25) is 0 Å². The number of aromatic nitrogens is 1. The maximum Gasteiger partial charge on any atom is 0.337 e. The van der Waals surface area contributed by atoms with Crippen molar-refractivity contribution in [3.05, 3.63) is 34.5 Å². The summed E-state index contributed by atoms with van der Waals surface area (Å²) in [4.78, 5) is 11.6. The van der Waals surface area contributed by atoms with Gasteiger partial charge in [0, 0.05) is 17.6 Å². The van der Waals surface area contributed by atoms with Gasteiger partial charge >= 0.3 is 5.97 Å². The van der Waals surface area contributed by atoms with E-state index in [-0.39, 0.29) is 0 Å². The van der Waals surface area contributed by atoms with E-state index in [0.29, 0.717) is 18.7 Å². The van der Waals surface area contributed by atoms with Gasteiger partial charge in [-0.25, -0.2) is 4.79 Å². The highest BCUT2D eigenvalue weighted by Crippen LogP contribution is 2.30. The molecule has 0 atom stereocenters. The first kappa shape index (κ1) is 15.5. The number of carboxylic acids is 1. The fourth-order valence-electron chi connectivity index (χ4n) is 2.98. The molecule has 0 saturated carbocycles. The first-order chi connectivity index (χ1) is 10.0. The van der Waals surface area contributed by atoms with Gasteiger partial charge in [-0.3, -0.25) is 0 Å². The third-order valence-electron chi connectivity index (χ3n) is 3.90. The Morgan fingerprint density at radius 3 is 2.52 bits per heavy atom. The van der Waals surface area contributed by atoms with Gasteiger partial charge < -0.3 is 21.1 Å². The van der Waals surface area contributed by atoms with Crippen LogP contribution in [-0.2, 0) is 13.0 Å². The molecule has 1 aromatic carbocycles. The van der Waals surface area contributed by atoms with E-state index in [1.807, 2.05) is 13.8 Å². The van der Waals surface area contributed by atoms with Crippen molar-refractivity contribution in [3.8, 4) is 0 Å². The molecule has 2 rings (SSSR count). The van der Waals surface area contributed by atoms with Crippen molar-refractivity contribution in [2.24, 2.45) is 11.5 Å². The summed E-state index contributed by atoms with van der Waals surface area (Å²) in [6, 6.07) is 3.79. The molecule has 0 radical (unpaired) electrons. The number of nitrogens with zero attached hydrogens (tertiary/aromatic N) is 1. The lowest BCUT2D eigenvalue weighted by atomic mass is 10.0. The first-order valence-electron chi connectivity index (χ1n) is 7.27. The number of nitrogens with two attached hydrogens (primary N) is 2. The van der Waals surface area contributed by atoms with E-state index in [9.17, 15) is 9.90 Å². The molecule has 5 heteroatoms. The second kappa shape index (κ2) is 6.28. The largest absolute Gasteiger partial charge is 0.478 e. The molecule has 0 fully saturated rings.